The van der Waals surface area contributed by atoms with Crippen molar-refractivity contribution in [2.75, 3.05) is 0 Å². The van der Waals surface area contributed by atoms with E-state index < -0.39 is 0 Å². The second-order valence-corrected chi connectivity index (χ2v) is 7.43. The van der Waals surface area contributed by atoms with Crippen molar-refractivity contribution >= 4 is 11.0 Å². The van der Waals surface area contributed by atoms with E-state index in [1.807, 2.05) is 37.3 Å². The van der Waals surface area contributed by atoms with Crippen molar-refractivity contribution in [1.82, 2.24) is 14.8 Å². The molecule has 3 aromatic heterocycles. The molecule has 1 aliphatic carbocycles. The van der Waals surface area contributed by atoms with Crippen molar-refractivity contribution in [3.8, 4) is 16.9 Å². The standard InChI is InChI=1S/C23H21N3O2/c1-15-7-10-20(25-24-15)16-11-12-26(23(27)13-16)17-8-9-19-18-5-3-2-4-6-21(18)28-22(19)14-17/h7-14H,2-6H2,1H3. The summed E-state index contributed by atoms with van der Waals surface area (Å²) in [6.45, 7) is 1.89. The topological polar surface area (TPSA) is 60.9 Å². The molecular formula is C23H21N3O2. The molecule has 3 heterocycles. The summed E-state index contributed by atoms with van der Waals surface area (Å²) in [5.74, 6) is 1.12. The summed E-state index contributed by atoms with van der Waals surface area (Å²) in [7, 11) is 0. The van der Waals surface area contributed by atoms with Crippen LogP contribution in [0.3, 0.4) is 0 Å². The average Bonchev–Trinajstić information content (AvgIpc) is 2.88. The van der Waals surface area contributed by atoms with Gasteiger partial charge >= 0.3 is 0 Å². The number of hydrogen-bond donors (Lipinski definition) is 0. The van der Waals surface area contributed by atoms with Crippen LogP contribution in [0.4, 0.5) is 0 Å². The Hall–Kier alpha value is -3.21. The van der Waals surface area contributed by atoms with Gasteiger partial charge in [0.25, 0.3) is 5.56 Å². The van der Waals surface area contributed by atoms with Gasteiger partial charge in [0, 0.05) is 41.3 Å². The number of hydrogen-bond acceptors (Lipinski definition) is 4. The van der Waals surface area contributed by atoms with Gasteiger partial charge in [0.15, 0.2) is 0 Å². The summed E-state index contributed by atoms with van der Waals surface area (Å²) < 4.78 is 7.78. The number of fused-ring (bicyclic) bond motifs is 3. The second kappa shape index (κ2) is 6.75. The fourth-order valence-corrected chi connectivity index (χ4v) is 3.98. The van der Waals surface area contributed by atoms with Gasteiger partial charge in [-0.05, 0) is 56.5 Å². The van der Waals surface area contributed by atoms with E-state index in [0.717, 1.165) is 41.1 Å². The smallest absolute Gasteiger partial charge is 0.255 e. The van der Waals surface area contributed by atoms with E-state index in [1.54, 1.807) is 16.8 Å². The Bertz CT molecular complexity index is 1220. The van der Waals surface area contributed by atoms with Gasteiger partial charge in [-0.1, -0.05) is 6.42 Å². The van der Waals surface area contributed by atoms with Gasteiger partial charge in [-0.3, -0.25) is 9.36 Å². The molecule has 5 nitrogen and oxygen atoms in total. The van der Waals surface area contributed by atoms with E-state index in [9.17, 15) is 4.79 Å². The maximum Gasteiger partial charge on any atom is 0.255 e. The minimum atomic E-state index is -0.104. The number of pyridine rings is 1. The van der Waals surface area contributed by atoms with Crippen molar-refractivity contribution in [2.45, 2.75) is 39.0 Å². The number of rotatable bonds is 2. The zero-order valence-electron chi connectivity index (χ0n) is 15.8. The van der Waals surface area contributed by atoms with Gasteiger partial charge < -0.3 is 4.42 Å². The molecule has 0 bridgehead atoms. The number of benzene rings is 1. The van der Waals surface area contributed by atoms with E-state index in [4.69, 9.17) is 4.42 Å². The molecule has 5 heteroatoms. The van der Waals surface area contributed by atoms with Crippen molar-refractivity contribution in [3.05, 3.63) is 76.0 Å². The number of aryl methyl sites for hydroxylation is 3. The van der Waals surface area contributed by atoms with Gasteiger partial charge in [-0.2, -0.15) is 10.2 Å². The lowest BCUT2D eigenvalue weighted by Gasteiger charge is -2.07. The molecule has 140 valence electrons. The highest BCUT2D eigenvalue weighted by atomic mass is 16.3. The first-order valence-electron chi connectivity index (χ1n) is 9.77. The van der Waals surface area contributed by atoms with Crippen LogP contribution in [0.1, 0.15) is 36.3 Å². The highest BCUT2D eigenvalue weighted by Crippen LogP contribution is 2.32. The molecule has 1 aromatic carbocycles. The van der Waals surface area contributed by atoms with Crippen molar-refractivity contribution in [3.63, 3.8) is 0 Å². The number of furan rings is 1. The van der Waals surface area contributed by atoms with Crippen LogP contribution in [0.25, 0.3) is 27.9 Å². The Kier molecular flexibility index (Phi) is 4.08. The van der Waals surface area contributed by atoms with E-state index >= 15 is 0 Å². The lowest BCUT2D eigenvalue weighted by molar-refractivity contribution is 0.538. The van der Waals surface area contributed by atoms with Gasteiger partial charge in [0.05, 0.1) is 17.1 Å². The largest absolute Gasteiger partial charge is 0.461 e. The minimum Gasteiger partial charge on any atom is -0.461 e. The fourth-order valence-electron chi connectivity index (χ4n) is 3.98. The van der Waals surface area contributed by atoms with Gasteiger partial charge in [0.2, 0.25) is 0 Å². The molecule has 1 aliphatic rings. The van der Waals surface area contributed by atoms with Gasteiger partial charge in [-0.15, -0.1) is 0 Å². The Morgan fingerprint density at radius 1 is 0.964 bits per heavy atom. The van der Waals surface area contributed by atoms with Crippen LogP contribution in [0.15, 0.2) is 57.9 Å². The molecule has 0 aliphatic heterocycles. The van der Waals surface area contributed by atoms with Crippen LogP contribution < -0.4 is 5.56 Å². The first kappa shape index (κ1) is 16.9. The molecule has 28 heavy (non-hydrogen) atoms. The Labute approximate surface area is 162 Å². The molecule has 0 amide bonds. The van der Waals surface area contributed by atoms with Gasteiger partial charge in [0.1, 0.15) is 11.3 Å². The van der Waals surface area contributed by atoms with Crippen LogP contribution in [-0.4, -0.2) is 14.8 Å². The molecular weight excluding hydrogens is 350 g/mol. The average molecular weight is 371 g/mol. The summed E-state index contributed by atoms with van der Waals surface area (Å²) in [4.78, 5) is 12.7. The van der Waals surface area contributed by atoms with Crippen LogP contribution in [0.5, 0.6) is 0 Å². The number of aromatic nitrogens is 3. The van der Waals surface area contributed by atoms with Crippen molar-refractivity contribution < 1.29 is 4.42 Å². The predicted molar refractivity (Wildman–Crippen MR) is 109 cm³/mol. The van der Waals surface area contributed by atoms with E-state index in [-0.39, 0.29) is 5.56 Å². The zero-order valence-corrected chi connectivity index (χ0v) is 15.8. The summed E-state index contributed by atoms with van der Waals surface area (Å²) in [6, 6.07) is 13.3. The molecule has 0 spiro atoms. The number of nitrogens with zero attached hydrogens (tertiary/aromatic N) is 3. The first-order valence-corrected chi connectivity index (χ1v) is 9.77. The van der Waals surface area contributed by atoms with E-state index in [0.29, 0.717) is 5.69 Å². The molecule has 0 saturated carbocycles. The molecule has 0 radical (unpaired) electrons. The Morgan fingerprint density at radius 2 is 1.86 bits per heavy atom. The third-order valence-corrected chi connectivity index (χ3v) is 5.48. The summed E-state index contributed by atoms with van der Waals surface area (Å²) in [6.07, 6.45) is 7.53. The molecule has 0 N–H and O–H groups in total. The highest BCUT2D eigenvalue weighted by molar-refractivity contribution is 5.84. The molecule has 0 unspecified atom stereocenters. The lowest BCUT2D eigenvalue weighted by Crippen LogP contribution is -2.16. The third-order valence-electron chi connectivity index (χ3n) is 5.48. The third kappa shape index (κ3) is 2.93. The van der Waals surface area contributed by atoms with Crippen LogP contribution in [-0.2, 0) is 12.8 Å². The molecule has 0 saturated heterocycles. The normalized spacial score (nSPS) is 14.0. The predicted octanol–water partition coefficient (Wildman–Crippen LogP) is 4.62. The fraction of sp³-hybridized carbons (Fsp3) is 0.261. The molecule has 5 rings (SSSR count). The maximum atomic E-state index is 12.7. The van der Waals surface area contributed by atoms with Crippen LogP contribution >= 0.6 is 0 Å². The molecule has 0 fully saturated rings. The SMILES string of the molecule is Cc1ccc(-c2ccn(-c3ccc4c5c(oc4c3)CCCCC5)c(=O)c2)nn1. The lowest BCUT2D eigenvalue weighted by atomic mass is 10.1. The zero-order chi connectivity index (χ0) is 19.1. The molecule has 4 aromatic rings. The monoisotopic (exact) mass is 371 g/mol. The summed E-state index contributed by atoms with van der Waals surface area (Å²) in [5.41, 5.74) is 5.22. The van der Waals surface area contributed by atoms with Crippen molar-refractivity contribution in [2.24, 2.45) is 0 Å². The van der Waals surface area contributed by atoms with Crippen LogP contribution in [0.2, 0.25) is 0 Å². The quantitative estimate of drug-likeness (QED) is 0.483. The first-order chi connectivity index (χ1) is 13.7. The minimum absolute atomic E-state index is 0.104. The second-order valence-electron chi connectivity index (χ2n) is 7.43. The summed E-state index contributed by atoms with van der Waals surface area (Å²) in [5, 5.41) is 9.41. The van der Waals surface area contributed by atoms with Crippen LogP contribution in [0, 0.1) is 6.92 Å². The highest BCUT2D eigenvalue weighted by Gasteiger charge is 2.17. The Morgan fingerprint density at radius 3 is 2.68 bits per heavy atom. The summed E-state index contributed by atoms with van der Waals surface area (Å²) >= 11 is 0. The van der Waals surface area contributed by atoms with Gasteiger partial charge in [-0.25, -0.2) is 0 Å². The van der Waals surface area contributed by atoms with E-state index in [1.165, 1.54) is 30.2 Å². The Balaban J connectivity index is 1.54. The van der Waals surface area contributed by atoms with E-state index in [2.05, 4.69) is 16.3 Å². The van der Waals surface area contributed by atoms with Crippen molar-refractivity contribution in [1.29, 1.82) is 0 Å². The maximum absolute atomic E-state index is 12.7. The molecule has 0 atom stereocenters.